The molecule has 0 aliphatic carbocycles. The van der Waals surface area contributed by atoms with Crippen LogP contribution in [0.2, 0.25) is 5.02 Å². The van der Waals surface area contributed by atoms with Crippen LogP contribution in [0.15, 0.2) is 18.2 Å². The number of hydrogen-bond donors (Lipinski definition) is 1. The summed E-state index contributed by atoms with van der Waals surface area (Å²) in [7, 11) is 0. The highest BCUT2D eigenvalue weighted by Gasteiger charge is 2.04. The largest absolute Gasteiger partial charge is 0.313 e. The quantitative estimate of drug-likeness (QED) is 0.601. The third-order valence-electron chi connectivity index (χ3n) is 2.08. The van der Waals surface area contributed by atoms with Crippen LogP contribution in [0.3, 0.4) is 0 Å². The Hall–Kier alpha value is -0.310. The Balaban J connectivity index is 2.34. The first-order valence-corrected chi connectivity index (χ1v) is 5.86. The molecule has 0 aliphatic heterocycles. The maximum Gasteiger partial charge on any atom is 0.142 e. The molecule has 1 aromatic carbocycles. The summed E-state index contributed by atoms with van der Waals surface area (Å²) in [5.41, 5.74) is 0.794. The predicted molar refractivity (Wildman–Crippen MR) is 63.1 cm³/mol. The van der Waals surface area contributed by atoms with E-state index in [1.165, 1.54) is 6.07 Å². The minimum atomic E-state index is -0.364. The summed E-state index contributed by atoms with van der Waals surface area (Å²) in [4.78, 5) is 0. The van der Waals surface area contributed by atoms with Gasteiger partial charge in [0.1, 0.15) is 5.82 Å². The summed E-state index contributed by atoms with van der Waals surface area (Å²) in [5, 5.41) is 3.41. The summed E-state index contributed by atoms with van der Waals surface area (Å²) in [6, 6.07) is 4.84. The van der Waals surface area contributed by atoms with Gasteiger partial charge in [0.2, 0.25) is 0 Å². The van der Waals surface area contributed by atoms with E-state index in [2.05, 4.69) is 5.32 Å². The fourth-order valence-electron chi connectivity index (χ4n) is 1.25. The van der Waals surface area contributed by atoms with Crippen LogP contribution in [-0.4, -0.2) is 12.4 Å². The van der Waals surface area contributed by atoms with Gasteiger partial charge in [0.05, 0.1) is 5.02 Å². The molecule has 1 rings (SSSR count). The molecular weight excluding hydrogens is 236 g/mol. The maximum absolute atomic E-state index is 13.0. The second-order valence-electron chi connectivity index (χ2n) is 3.29. The molecule has 0 bridgehead atoms. The van der Waals surface area contributed by atoms with Crippen LogP contribution in [0, 0.1) is 5.82 Å². The van der Waals surface area contributed by atoms with Crippen molar-refractivity contribution in [2.24, 2.45) is 0 Å². The molecule has 0 fully saturated rings. The monoisotopic (exact) mass is 249 g/mol. The van der Waals surface area contributed by atoms with Crippen molar-refractivity contribution in [1.29, 1.82) is 0 Å². The lowest BCUT2D eigenvalue weighted by Crippen LogP contribution is -2.15. The topological polar surface area (TPSA) is 12.0 Å². The summed E-state index contributed by atoms with van der Waals surface area (Å²) in [6.45, 7) is 1.47. The molecule has 0 atom stereocenters. The van der Waals surface area contributed by atoms with E-state index in [1.54, 1.807) is 6.07 Å². The number of benzene rings is 1. The molecular formula is C11H14Cl2FN. The van der Waals surface area contributed by atoms with Crippen LogP contribution < -0.4 is 5.32 Å². The van der Waals surface area contributed by atoms with Gasteiger partial charge in [-0.25, -0.2) is 4.39 Å². The minimum absolute atomic E-state index is 0.211. The number of rotatable bonds is 6. The zero-order valence-corrected chi connectivity index (χ0v) is 9.91. The predicted octanol–water partition coefficient (Wildman–Crippen LogP) is 3.59. The van der Waals surface area contributed by atoms with Crippen molar-refractivity contribution in [2.45, 2.75) is 19.4 Å². The van der Waals surface area contributed by atoms with E-state index in [0.29, 0.717) is 12.4 Å². The van der Waals surface area contributed by atoms with Crippen LogP contribution in [0.5, 0.6) is 0 Å². The molecule has 4 heteroatoms. The third-order valence-corrected chi connectivity index (χ3v) is 2.77. The van der Waals surface area contributed by atoms with E-state index in [-0.39, 0.29) is 10.8 Å². The van der Waals surface area contributed by atoms with E-state index in [0.717, 1.165) is 24.9 Å². The number of nitrogens with one attached hydrogen (secondary N) is 1. The Morgan fingerprint density at radius 1 is 1.27 bits per heavy atom. The Bertz CT molecular complexity index is 305. The zero-order chi connectivity index (χ0) is 11.1. The highest BCUT2D eigenvalue weighted by molar-refractivity contribution is 6.31. The van der Waals surface area contributed by atoms with Crippen molar-refractivity contribution < 1.29 is 4.39 Å². The minimum Gasteiger partial charge on any atom is -0.313 e. The number of unbranched alkanes of at least 4 members (excludes halogenated alkanes) is 1. The lowest BCUT2D eigenvalue weighted by Gasteiger charge is -2.06. The van der Waals surface area contributed by atoms with Gasteiger partial charge in [-0.2, -0.15) is 0 Å². The summed E-state index contributed by atoms with van der Waals surface area (Å²) in [6.07, 6.45) is 2.02. The molecule has 0 saturated carbocycles. The van der Waals surface area contributed by atoms with Gasteiger partial charge < -0.3 is 5.32 Å². The van der Waals surface area contributed by atoms with Gasteiger partial charge in [-0.15, -0.1) is 11.6 Å². The molecule has 1 aromatic rings. The molecule has 1 N–H and O–H groups in total. The molecule has 0 spiro atoms. The summed E-state index contributed by atoms with van der Waals surface area (Å²) >= 11 is 11.3. The number of alkyl halides is 1. The van der Waals surface area contributed by atoms with Crippen LogP contribution >= 0.6 is 23.2 Å². The smallest absolute Gasteiger partial charge is 0.142 e. The van der Waals surface area contributed by atoms with E-state index in [4.69, 9.17) is 23.2 Å². The Labute approximate surface area is 99.6 Å². The fourth-order valence-corrected chi connectivity index (χ4v) is 1.63. The standard InChI is InChI=1S/C11H14Cl2FN/c12-6-1-2-7-15-8-9-4-3-5-10(14)11(9)13/h3-5,15H,1-2,6-8H2. The second-order valence-corrected chi connectivity index (χ2v) is 4.04. The van der Waals surface area contributed by atoms with Crippen LogP contribution in [0.25, 0.3) is 0 Å². The molecule has 0 heterocycles. The highest BCUT2D eigenvalue weighted by Crippen LogP contribution is 2.19. The first-order valence-electron chi connectivity index (χ1n) is 4.95. The molecule has 0 radical (unpaired) electrons. The molecule has 0 aliphatic rings. The lowest BCUT2D eigenvalue weighted by atomic mass is 10.2. The molecule has 0 aromatic heterocycles. The molecule has 15 heavy (non-hydrogen) atoms. The van der Waals surface area contributed by atoms with Crippen molar-refractivity contribution in [1.82, 2.24) is 5.32 Å². The third kappa shape index (κ3) is 4.37. The van der Waals surface area contributed by atoms with Gasteiger partial charge in [-0.05, 0) is 31.0 Å². The number of halogens is 3. The van der Waals surface area contributed by atoms with Crippen molar-refractivity contribution in [3.05, 3.63) is 34.6 Å². The Kier molecular flexibility index (Phi) is 5.99. The maximum atomic E-state index is 13.0. The SMILES string of the molecule is Fc1cccc(CNCCCCCl)c1Cl. The lowest BCUT2D eigenvalue weighted by molar-refractivity contribution is 0.615. The molecule has 84 valence electrons. The van der Waals surface area contributed by atoms with Gasteiger partial charge in [0, 0.05) is 12.4 Å². The average Bonchev–Trinajstić information content (AvgIpc) is 2.24. The average molecular weight is 250 g/mol. The second kappa shape index (κ2) is 7.04. The van der Waals surface area contributed by atoms with Gasteiger partial charge in [-0.3, -0.25) is 0 Å². The summed E-state index contributed by atoms with van der Waals surface area (Å²) in [5.74, 6) is 0.319. The molecule has 1 nitrogen and oxygen atoms in total. The normalized spacial score (nSPS) is 10.6. The Morgan fingerprint density at radius 2 is 2.07 bits per heavy atom. The van der Waals surface area contributed by atoms with E-state index < -0.39 is 0 Å². The van der Waals surface area contributed by atoms with E-state index >= 15 is 0 Å². The van der Waals surface area contributed by atoms with Crippen LogP contribution in [0.4, 0.5) is 4.39 Å². The fraction of sp³-hybridized carbons (Fsp3) is 0.455. The Morgan fingerprint density at radius 3 is 2.80 bits per heavy atom. The first-order chi connectivity index (χ1) is 7.25. The molecule has 0 amide bonds. The number of hydrogen-bond acceptors (Lipinski definition) is 1. The van der Waals surface area contributed by atoms with Gasteiger partial charge in [0.25, 0.3) is 0 Å². The highest BCUT2D eigenvalue weighted by atomic mass is 35.5. The molecule has 0 saturated heterocycles. The van der Waals surface area contributed by atoms with E-state index in [9.17, 15) is 4.39 Å². The van der Waals surface area contributed by atoms with Crippen LogP contribution in [0.1, 0.15) is 18.4 Å². The summed E-state index contributed by atoms with van der Waals surface area (Å²) < 4.78 is 13.0. The van der Waals surface area contributed by atoms with Crippen molar-refractivity contribution in [2.75, 3.05) is 12.4 Å². The van der Waals surface area contributed by atoms with Crippen molar-refractivity contribution >= 4 is 23.2 Å². The van der Waals surface area contributed by atoms with Gasteiger partial charge >= 0.3 is 0 Å². The zero-order valence-electron chi connectivity index (χ0n) is 8.40. The van der Waals surface area contributed by atoms with Crippen molar-refractivity contribution in [3.8, 4) is 0 Å². The first kappa shape index (κ1) is 12.8. The van der Waals surface area contributed by atoms with E-state index in [1.807, 2.05) is 6.07 Å². The molecule has 0 unspecified atom stereocenters. The van der Waals surface area contributed by atoms with Gasteiger partial charge in [0.15, 0.2) is 0 Å². The van der Waals surface area contributed by atoms with Gasteiger partial charge in [-0.1, -0.05) is 23.7 Å². The van der Waals surface area contributed by atoms with Crippen molar-refractivity contribution in [3.63, 3.8) is 0 Å². The van der Waals surface area contributed by atoms with Crippen LogP contribution in [-0.2, 0) is 6.54 Å².